The minimum absolute atomic E-state index is 0.210. The van der Waals surface area contributed by atoms with Gasteiger partial charge >= 0.3 is 0 Å². The molecule has 0 saturated heterocycles. The first-order valence-electron chi connectivity index (χ1n) is 11.6. The molecule has 3 aromatic rings. The molecule has 1 aliphatic carbocycles. The molecule has 0 bridgehead atoms. The van der Waals surface area contributed by atoms with Crippen molar-refractivity contribution in [1.29, 1.82) is 10.5 Å². The molecule has 168 valence electrons. The number of ether oxygens (including phenoxy) is 2. The Morgan fingerprint density at radius 1 is 0.941 bits per heavy atom. The summed E-state index contributed by atoms with van der Waals surface area (Å²) in [6, 6.07) is 25.9. The fourth-order valence-electron chi connectivity index (χ4n) is 4.97. The third-order valence-corrected chi connectivity index (χ3v) is 6.79. The summed E-state index contributed by atoms with van der Waals surface area (Å²) in [6.45, 7) is 0.624. The first kappa shape index (κ1) is 21.9. The highest BCUT2D eigenvalue weighted by atomic mass is 16.5. The third-order valence-electron chi connectivity index (χ3n) is 6.79. The molecule has 1 spiro atoms. The summed E-state index contributed by atoms with van der Waals surface area (Å²) in [4.78, 5) is 4.20. The lowest BCUT2D eigenvalue weighted by Crippen LogP contribution is -2.46. The van der Waals surface area contributed by atoms with E-state index in [1.807, 2.05) is 60.8 Å². The van der Waals surface area contributed by atoms with E-state index in [2.05, 4.69) is 23.2 Å². The van der Waals surface area contributed by atoms with Gasteiger partial charge in [0.25, 0.3) is 0 Å². The van der Waals surface area contributed by atoms with Crippen LogP contribution in [0.2, 0.25) is 0 Å². The van der Waals surface area contributed by atoms with Crippen molar-refractivity contribution in [2.24, 2.45) is 4.99 Å². The highest BCUT2D eigenvalue weighted by Crippen LogP contribution is 2.43. The van der Waals surface area contributed by atoms with Crippen LogP contribution in [0.3, 0.4) is 0 Å². The minimum Gasteiger partial charge on any atom is -0.486 e. The van der Waals surface area contributed by atoms with Crippen molar-refractivity contribution in [1.82, 2.24) is 0 Å². The average molecular weight is 448 g/mol. The normalized spacial score (nSPS) is 22.4. The van der Waals surface area contributed by atoms with E-state index in [1.165, 1.54) is 5.56 Å². The lowest BCUT2D eigenvalue weighted by Gasteiger charge is -2.43. The number of rotatable bonds is 4. The van der Waals surface area contributed by atoms with Gasteiger partial charge in [-0.05, 0) is 66.6 Å². The summed E-state index contributed by atoms with van der Waals surface area (Å²) in [5, 5.41) is 18.6. The Labute approximate surface area is 199 Å². The minimum atomic E-state index is -0.350. The first-order chi connectivity index (χ1) is 16.7. The molecule has 0 unspecified atom stereocenters. The summed E-state index contributed by atoms with van der Waals surface area (Å²) < 4.78 is 12.8. The van der Waals surface area contributed by atoms with Crippen LogP contribution in [0.4, 0.5) is 0 Å². The van der Waals surface area contributed by atoms with Crippen LogP contribution in [0.25, 0.3) is 11.1 Å². The number of fused-ring (bicyclic) bond motifs is 1. The summed E-state index contributed by atoms with van der Waals surface area (Å²) in [5.74, 6) is 0.768. The maximum atomic E-state index is 9.37. The fraction of sp³-hybridized carbons (Fsp3) is 0.276. The van der Waals surface area contributed by atoms with E-state index >= 15 is 0 Å². The Morgan fingerprint density at radius 2 is 1.74 bits per heavy atom. The molecular weight excluding hydrogens is 422 g/mol. The molecular formula is C29H25N3O2. The van der Waals surface area contributed by atoms with E-state index in [0.717, 1.165) is 53.8 Å². The Hall–Kier alpha value is -3.93. The quantitative estimate of drug-likeness (QED) is 0.448. The number of benzene rings is 3. The number of aliphatic imine (C=N–C) groups is 1. The molecule has 5 rings (SSSR count). The van der Waals surface area contributed by atoms with Gasteiger partial charge in [-0.1, -0.05) is 48.5 Å². The van der Waals surface area contributed by atoms with Gasteiger partial charge in [-0.2, -0.15) is 15.5 Å². The second-order valence-corrected chi connectivity index (χ2v) is 9.02. The highest BCUT2D eigenvalue weighted by Gasteiger charge is 2.42. The Bertz CT molecular complexity index is 1290. The van der Waals surface area contributed by atoms with Crippen molar-refractivity contribution in [3.63, 3.8) is 0 Å². The molecule has 1 fully saturated rings. The average Bonchev–Trinajstić information content (AvgIpc) is 2.89. The molecule has 34 heavy (non-hydrogen) atoms. The van der Waals surface area contributed by atoms with E-state index in [-0.39, 0.29) is 11.7 Å². The monoisotopic (exact) mass is 447 g/mol. The van der Waals surface area contributed by atoms with Crippen LogP contribution >= 0.6 is 0 Å². The maximum Gasteiger partial charge on any atom is 0.205 e. The van der Waals surface area contributed by atoms with Gasteiger partial charge in [0.15, 0.2) is 0 Å². The molecule has 5 nitrogen and oxygen atoms in total. The van der Waals surface area contributed by atoms with Crippen molar-refractivity contribution in [2.75, 3.05) is 0 Å². The maximum absolute atomic E-state index is 9.37. The smallest absolute Gasteiger partial charge is 0.205 e. The van der Waals surface area contributed by atoms with Gasteiger partial charge in [-0.25, -0.2) is 0 Å². The zero-order valence-corrected chi connectivity index (χ0v) is 18.9. The molecule has 2 aliphatic rings. The number of hydrogen-bond donors (Lipinski definition) is 0. The predicted molar refractivity (Wildman–Crippen MR) is 130 cm³/mol. The van der Waals surface area contributed by atoms with Crippen molar-refractivity contribution in [3.05, 3.63) is 89.5 Å². The SMILES string of the molecule is N#CN=C1CC2(CCC(OCc3ccccc3)CC2)Oc2ccc(-c3cccc(C#N)c3)cc21. The lowest BCUT2D eigenvalue weighted by atomic mass is 9.77. The molecule has 3 aromatic carbocycles. The molecule has 0 N–H and O–H groups in total. The largest absolute Gasteiger partial charge is 0.486 e. The van der Waals surface area contributed by atoms with E-state index in [1.54, 1.807) is 6.07 Å². The fourth-order valence-corrected chi connectivity index (χ4v) is 4.97. The molecule has 0 amide bonds. The number of hydrogen-bond acceptors (Lipinski definition) is 5. The van der Waals surface area contributed by atoms with Crippen LogP contribution in [-0.4, -0.2) is 17.4 Å². The molecule has 0 atom stereocenters. The Morgan fingerprint density at radius 3 is 2.50 bits per heavy atom. The molecule has 0 radical (unpaired) electrons. The van der Waals surface area contributed by atoms with Gasteiger partial charge in [0.2, 0.25) is 6.19 Å². The molecule has 1 aliphatic heterocycles. The van der Waals surface area contributed by atoms with Crippen LogP contribution in [0, 0.1) is 22.8 Å². The molecule has 5 heteroatoms. The second-order valence-electron chi connectivity index (χ2n) is 9.02. The van der Waals surface area contributed by atoms with Gasteiger partial charge < -0.3 is 9.47 Å². The topological polar surface area (TPSA) is 78.4 Å². The lowest BCUT2D eigenvalue weighted by molar-refractivity contribution is -0.0460. The van der Waals surface area contributed by atoms with Crippen molar-refractivity contribution < 1.29 is 9.47 Å². The van der Waals surface area contributed by atoms with Gasteiger partial charge in [0.1, 0.15) is 11.4 Å². The standard InChI is InChI=1S/C29H25N3O2/c30-18-22-7-4-8-23(15-22)24-9-10-28-26(16-24)27(32-20-31)17-29(34-28)13-11-25(12-14-29)33-19-21-5-2-1-3-6-21/h1-10,15-16,25H,11-14,17,19H2. The van der Waals surface area contributed by atoms with E-state index < -0.39 is 0 Å². The zero-order chi connectivity index (χ0) is 23.4. The second kappa shape index (κ2) is 9.51. The number of nitrogens with zero attached hydrogens (tertiary/aromatic N) is 3. The van der Waals surface area contributed by atoms with Crippen LogP contribution in [-0.2, 0) is 11.3 Å². The third kappa shape index (κ3) is 4.57. The Kier molecular flexibility index (Phi) is 6.12. The van der Waals surface area contributed by atoms with Gasteiger partial charge in [-0.3, -0.25) is 0 Å². The molecule has 1 heterocycles. The van der Waals surface area contributed by atoms with Crippen LogP contribution in [0.5, 0.6) is 5.75 Å². The number of nitriles is 2. The molecule has 0 aromatic heterocycles. The summed E-state index contributed by atoms with van der Waals surface area (Å²) >= 11 is 0. The molecule has 1 saturated carbocycles. The van der Waals surface area contributed by atoms with E-state index in [4.69, 9.17) is 9.47 Å². The van der Waals surface area contributed by atoms with Crippen LogP contribution in [0.15, 0.2) is 77.8 Å². The van der Waals surface area contributed by atoms with Crippen molar-refractivity contribution in [3.8, 4) is 29.1 Å². The zero-order valence-electron chi connectivity index (χ0n) is 18.9. The van der Waals surface area contributed by atoms with Gasteiger partial charge in [-0.15, -0.1) is 0 Å². The highest BCUT2D eigenvalue weighted by molar-refractivity contribution is 6.05. The first-order valence-corrected chi connectivity index (χ1v) is 11.6. The Balaban J connectivity index is 1.33. The summed E-state index contributed by atoms with van der Waals surface area (Å²) in [6.07, 6.45) is 6.37. The van der Waals surface area contributed by atoms with E-state index in [0.29, 0.717) is 18.6 Å². The van der Waals surface area contributed by atoms with Crippen LogP contribution < -0.4 is 4.74 Å². The van der Waals surface area contributed by atoms with Crippen LogP contribution in [0.1, 0.15) is 48.8 Å². The summed E-state index contributed by atoms with van der Waals surface area (Å²) in [7, 11) is 0. The van der Waals surface area contributed by atoms with Gasteiger partial charge in [0.05, 0.1) is 30.1 Å². The van der Waals surface area contributed by atoms with E-state index in [9.17, 15) is 10.5 Å². The summed E-state index contributed by atoms with van der Waals surface area (Å²) in [5.41, 5.74) is 5.00. The van der Waals surface area contributed by atoms with Crippen molar-refractivity contribution >= 4 is 5.71 Å². The predicted octanol–water partition coefficient (Wildman–Crippen LogP) is 6.18. The van der Waals surface area contributed by atoms with Gasteiger partial charge in [0, 0.05) is 12.0 Å². The van der Waals surface area contributed by atoms with Crippen molar-refractivity contribution in [2.45, 2.75) is 50.4 Å².